The van der Waals surface area contributed by atoms with Crippen molar-refractivity contribution in [2.45, 2.75) is 56.3 Å². The highest BCUT2D eigenvalue weighted by molar-refractivity contribution is 7.80. The molecule has 0 aromatic heterocycles. The summed E-state index contributed by atoms with van der Waals surface area (Å²) in [5.41, 5.74) is 6.94. The number of carbonyl (C=O) groups is 4. The summed E-state index contributed by atoms with van der Waals surface area (Å²) in [4.78, 5) is 53.1. The summed E-state index contributed by atoms with van der Waals surface area (Å²) >= 11 is 4.22. The van der Waals surface area contributed by atoms with E-state index in [-0.39, 0.29) is 11.7 Å². The molecule has 2 heterocycles. The highest BCUT2D eigenvalue weighted by Gasteiger charge is 2.43. The summed E-state index contributed by atoms with van der Waals surface area (Å²) in [7, 11) is 0. The molecule has 3 rings (SSSR count). The lowest BCUT2D eigenvalue weighted by Gasteiger charge is -2.32. The lowest BCUT2D eigenvalue weighted by Crippen LogP contribution is -2.57. The van der Waals surface area contributed by atoms with E-state index in [4.69, 9.17) is 5.73 Å². The molecule has 2 aliphatic heterocycles. The second-order valence-electron chi connectivity index (χ2n) is 8.26. The third-order valence-corrected chi connectivity index (χ3v) is 6.44. The Morgan fingerprint density at radius 2 is 1.69 bits per heavy atom. The zero-order valence-corrected chi connectivity index (χ0v) is 18.7. The molecule has 4 unspecified atom stereocenters. The fourth-order valence-corrected chi connectivity index (χ4v) is 4.64. The lowest BCUT2D eigenvalue weighted by atomic mass is 10.1. The van der Waals surface area contributed by atoms with Crippen molar-refractivity contribution in [1.29, 1.82) is 0 Å². The van der Waals surface area contributed by atoms with Gasteiger partial charge in [-0.1, -0.05) is 30.3 Å². The molecule has 2 fully saturated rings. The minimum absolute atomic E-state index is 0.0570. The number of benzene rings is 1. The van der Waals surface area contributed by atoms with E-state index in [1.807, 2.05) is 30.3 Å². The number of aliphatic carboxylic acids is 1. The van der Waals surface area contributed by atoms with Crippen LogP contribution in [0.2, 0.25) is 0 Å². The van der Waals surface area contributed by atoms with Gasteiger partial charge in [0.25, 0.3) is 0 Å². The maximum Gasteiger partial charge on any atom is 0.326 e. The quantitative estimate of drug-likeness (QED) is 0.403. The van der Waals surface area contributed by atoms with Gasteiger partial charge in [-0.25, -0.2) is 4.79 Å². The summed E-state index contributed by atoms with van der Waals surface area (Å²) in [6, 6.07) is 6.02. The number of carboxylic acid groups (broad SMARTS) is 1. The molecule has 174 valence electrons. The summed E-state index contributed by atoms with van der Waals surface area (Å²) in [6.45, 7) is 0.742. The molecule has 0 radical (unpaired) electrons. The molecule has 4 N–H and O–H groups in total. The van der Waals surface area contributed by atoms with E-state index in [1.165, 1.54) is 9.80 Å². The van der Waals surface area contributed by atoms with E-state index in [2.05, 4.69) is 17.9 Å². The molecule has 10 heteroatoms. The Hall–Kier alpha value is -2.59. The first-order valence-corrected chi connectivity index (χ1v) is 11.5. The SMILES string of the molecule is NC(Cc1ccccc1)C(=O)NC(CS)C(=O)N1CCCC1C(=O)N1CCCC1C(=O)O. The van der Waals surface area contributed by atoms with Crippen molar-refractivity contribution in [3.63, 3.8) is 0 Å². The summed E-state index contributed by atoms with van der Waals surface area (Å²) in [6.07, 6.45) is 2.47. The average molecular weight is 463 g/mol. The minimum atomic E-state index is -1.03. The zero-order valence-electron chi connectivity index (χ0n) is 17.9. The van der Waals surface area contributed by atoms with Crippen LogP contribution in [-0.4, -0.2) is 81.6 Å². The molecule has 32 heavy (non-hydrogen) atoms. The van der Waals surface area contributed by atoms with Gasteiger partial charge in [-0.05, 0) is 37.7 Å². The fourth-order valence-electron chi connectivity index (χ4n) is 4.39. The minimum Gasteiger partial charge on any atom is -0.480 e. The first kappa shape index (κ1) is 24.1. The molecule has 0 saturated carbocycles. The number of rotatable bonds is 8. The fraction of sp³-hybridized carbons (Fsp3) is 0.545. The van der Waals surface area contributed by atoms with Crippen LogP contribution >= 0.6 is 12.6 Å². The molecule has 1 aromatic rings. The van der Waals surface area contributed by atoms with E-state index in [0.717, 1.165) is 5.56 Å². The number of hydrogen-bond acceptors (Lipinski definition) is 6. The number of amides is 3. The van der Waals surface area contributed by atoms with Crippen molar-refractivity contribution >= 4 is 36.3 Å². The van der Waals surface area contributed by atoms with E-state index in [9.17, 15) is 24.3 Å². The third kappa shape index (κ3) is 5.42. The molecule has 9 nitrogen and oxygen atoms in total. The van der Waals surface area contributed by atoms with E-state index < -0.39 is 42.0 Å². The smallest absolute Gasteiger partial charge is 0.326 e. The van der Waals surface area contributed by atoms with Gasteiger partial charge in [-0.15, -0.1) is 0 Å². The molecule has 0 bridgehead atoms. The van der Waals surface area contributed by atoms with Crippen molar-refractivity contribution in [1.82, 2.24) is 15.1 Å². The second kappa shape index (κ2) is 10.8. The third-order valence-electron chi connectivity index (χ3n) is 6.07. The molecule has 2 aliphatic rings. The van der Waals surface area contributed by atoms with E-state index in [0.29, 0.717) is 45.2 Å². The van der Waals surface area contributed by atoms with Crippen LogP contribution in [0.5, 0.6) is 0 Å². The molecular formula is C22H30N4O5S. The van der Waals surface area contributed by atoms with Crippen molar-refractivity contribution in [3.8, 4) is 0 Å². The van der Waals surface area contributed by atoms with E-state index in [1.54, 1.807) is 0 Å². The van der Waals surface area contributed by atoms with Gasteiger partial charge in [0.15, 0.2) is 0 Å². The predicted octanol–water partition coefficient (Wildman–Crippen LogP) is 0.0376. The monoisotopic (exact) mass is 462 g/mol. The van der Waals surface area contributed by atoms with Crippen LogP contribution in [0.4, 0.5) is 0 Å². The van der Waals surface area contributed by atoms with Gasteiger partial charge in [0.2, 0.25) is 17.7 Å². The van der Waals surface area contributed by atoms with Gasteiger partial charge < -0.3 is 26.0 Å². The van der Waals surface area contributed by atoms with Crippen LogP contribution in [0.3, 0.4) is 0 Å². The molecule has 1 aromatic carbocycles. The number of nitrogens with one attached hydrogen (secondary N) is 1. The Kier molecular flexibility index (Phi) is 8.14. The number of carboxylic acids is 1. The molecule has 2 saturated heterocycles. The highest BCUT2D eigenvalue weighted by Crippen LogP contribution is 2.25. The van der Waals surface area contributed by atoms with Crippen molar-refractivity contribution in [2.24, 2.45) is 5.73 Å². The highest BCUT2D eigenvalue weighted by atomic mass is 32.1. The second-order valence-corrected chi connectivity index (χ2v) is 8.62. The number of hydrogen-bond donors (Lipinski definition) is 4. The molecule has 4 atom stereocenters. The summed E-state index contributed by atoms with van der Waals surface area (Å²) in [5.74, 6) is -2.18. The standard InChI is InChI=1S/C22H30N4O5S/c23-15(12-14-6-2-1-3-7-14)19(27)24-16(13-32)20(28)25-10-4-8-17(25)21(29)26-11-5-9-18(26)22(30)31/h1-3,6-7,15-18,32H,4-5,8-13,23H2,(H,24,27)(H,30,31). The topological polar surface area (TPSA) is 133 Å². The largest absolute Gasteiger partial charge is 0.480 e. The molecular weight excluding hydrogens is 432 g/mol. The van der Waals surface area contributed by atoms with Gasteiger partial charge in [-0.2, -0.15) is 12.6 Å². The summed E-state index contributed by atoms with van der Waals surface area (Å²) in [5, 5.41) is 12.1. The first-order chi connectivity index (χ1) is 15.3. The lowest BCUT2D eigenvalue weighted by molar-refractivity contribution is -0.152. The average Bonchev–Trinajstić information content (AvgIpc) is 3.47. The van der Waals surface area contributed by atoms with Gasteiger partial charge in [0, 0.05) is 18.8 Å². The Labute approximate surface area is 192 Å². The maximum absolute atomic E-state index is 13.2. The summed E-state index contributed by atoms with van der Waals surface area (Å²) < 4.78 is 0. The predicted molar refractivity (Wildman–Crippen MR) is 121 cm³/mol. The van der Waals surface area contributed by atoms with Crippen LogP contribution < -0.4 is 11.1 Å². The van der Waals surface area contributed by atoms with Crippen LogP contribution in [0, 0.1) is 0 Å². The van der Waals surface area contributed by atoms with Crippen molar-refractivity contribution in [2.75, 3.05) is 18.8 Å². The molecule has 3 amide bonds. The number of nitrogens with two attached hydrogens (primary N) is 1. The maximum atomic E-state index is 13.2. The Balaban J connectivity index is 1.63. The van der Waals surface area contributed by atoms with Crippen molar-refractivity contribution in [3.05, 3.63) is 35.9 Å². The number of thiol groups is 1. The van der Waals surface area contributed by atoms with Gasteiger partial charge in [0.1, 0.15) is 18.1 Å². The zero-order chi connectivity index (χ0) is 23.3. The number of likely N-dealkylation sites (tertiary alicyclic amines) is 2. The number of carbonyl (C=O) groups excluding carboxylic acids is 3. The van der Waals surface area contributed by atoms with Crippen LogP contribution in [-0.2, 0) is 25.6 Å². The van der Waals surface area contributed by atoms with Crippen LogP contribution in [0.1, 0.15) is 31.2 Å². The molecule has 0 aliphatic carbocycles. The number of nitrogens with zero attached hydrogens (tertiary/aromatic N) is 2. The van der Waals surface area contributed by atoms with Crippen LogP contribution in [0.25, 0.3) is 0 Å². The Bertz CT molecular complexity index is 852. The van der Waals surface area contributed by atoms with Gasteiger partial charge in [0.05, 0.1) is 6.04 Å². The van der Waals surface area contributed by atoms with Crippen molar-refractivity contribution < 1.29 is 24.3 Å². The van der Waals surface area contributed by atoms with Gasteiger partial charge in [-0.3, -0.25) is 14.4 Å². The van der Waals surface area contributed by atoms with E-state index >= 15 is 0 Å². The van der Waals surface area contributed by atoms with Crippen LogP contribution in [0.15, 0.2) is 30.3 Å². The normalized spacial score (nSPS) is 22.4. The Morgan fingerprint density at radius 3 is 2.31 bits per heavy atom. The molecule has 0 spiro atoms. The Morgan fingerprint density at radius 1 is 1.06 bits per heavy atom. The van der Waals surface area contributed by atoms with Gasteiger partial charge >= 0.3 is 5.97 Å². The first-order valence-electron chi connectivity index (χ1n) is 10.9.